The highest BCUT2D eigenvalue weighted by molar-refractivity contribution is 6.07. The first-order valence-electron chi connectivity index (χ1n) is 9.06. The van der Waals surface area contributed by atoms with Gasteiger partial charge in [0.25, 0.3) is 5.91 Å². The van der Waals surface area contributed by atoms with E-state index < -0.39 is 5.54 Å². The lowest BCUT2D eigenvalue weighted by atomic mass is 9.67. The fourth-order valence-corrected chi connectivity index (χ4v) is 4.42. The van der Waals surface area contributed by atoms with E-state index in [2.05, 4.69) is 23.2 Å². The van der Waals surface area contributed by atoms with Gasteiger partial charge >= 0.3 is 0 Å². The minimum absolute atomic E-state index is 0.0592. The lowest BCUT2D eigenvalue weighted by Crippen LogP contribution is -2.54. The number of aliphatic imine (C=N–C) groups is 1. The molecule has 26 heavy (non-hydrogen) atoms. The molecule has 132 valence electrons. The van der Waals surface area contributed by atoms with E-state index in [9.17, 15) is 4.79 Å². The molecule has 0 bridgehead atoms. The molecule has 0 radical (unpaired) electrons. The van der Waals surface area contributed by atoms with E-state index in [-0.39, 0.29) is 17.5 Å². The molecule has 2 N–H and O–H groups in total. The summed E-state index contributed by atoms with van der Waals surface area (Å²) in [6.45, 7) is 0. The van der Waals surface area contributed by atoms with Crippen molar-refractivity contribution in [2.75, 3.05) is 7.05 Å². The number of nitrogens with zero attached hydrogens (tertiary/aromatic N) is 2. The maximum absolute atomic E-state index is 13.2. The van der Waals surface area contributed by atoms with Gasteiger partial charge in [-0.3, -0.25) is 9.69 Å². The van der Waals surface area contributed by atoms with Crippen LogP contribution < -0.4 is 10.5 Å². The van der Waals surface area contributed by atoms with Gasteiger partial charge in [-0.05, 0) is 42.5 Å². The van der Waals surface area contributed by atoms with E-state index in [0.717, 1.165) is 41.7 Å². The van der Waals surface area contributed by atoms with Crippen LogP contribution in [0, 0.1) is 0 Å². The third-order valence-corrected chi connectivity index (χ3v) is 6.01. The van der Waals surface area contributed by atoms with Crippen molar-refractivity contribution < 1.29 is 9.53 Å². The van der Waals surface area contributed by atoms with Crippen molar-refractivity contribution in [2.24, 2.45) is 10.7 Å². The van der Waals surface area contributed by atoms with E-state index in [1.54, 1.807) is 7.05 Å². The topological polar surface area (TPSA) is 67.9 Å². The Bertz CT molecular complexity index is 934. The van der Waals surface area contributed by atoms with Crippen LogP contribution in [0.25, 0.3) is 11.1 Å². The average molecular weight is 347 g/mol. The minimum Gasteiger partial charge on any atom is -0.487 e. The molecule has 0 aromatic heterocycles. The predicted molar refractivity (Wildman–Crippen MR) is 99.8 cm³/mol. The summed E-state index contributed by atoms with van der Waals surface area (Å²) in [4.78, 5) is 19.4. The van der Waals surface area contributed by atoms with E-state index in [0.29, 0.717) is 6.42 Å². The largest absolute Gasteiger partial charge is 0.487 e. The highest BCUT2D eigenvalue weighted by Gasteiger charge is 2.59. The highest BCUT2D eigenvalue weighted by atomic mass is 16.5. The molecule has 2 aromatic carbocycles. The molecule has 3 aliphatic rings. The van der Waals surface area contributed by atoms with Gasteiger partial charge in [-0.15, -0.1) is 0 Å². The number of carbonyl (C=O) groups is 1. The van der Waals surface area contributed by atoms with E-state index in [1.165, 1.54) is 4.90 Å². The molecule has 2 aliphatic heterocycles. The Morgan fingerprint density at radius 2 is 1.88 bits per heavy atom. The molecule has 1 aliphatic carbocycles. The first-order valence-corrected chi connectivity index (χ1v) is 9.06. The zero-order valence-corrected chi connectivity index (χ0v) is 14.7. The number of benzene rings is 2. The van der Waals surface area contributed by atoms with Crippen LogP contribution in [0.5, 0.6) is 5.75 Å². The number of nitrogens with two attached hydrogens (primary N) is 1. The summed E-state index contributed by atoms with van der Waals surface area (Å²) in [5.74, 6) is 0.981. The zero-order chi connectivity index (χ0) is 17.9. The summed E-state index contributed by atoms with van der Waals surface area (Å²) in [6.07, 6.45) is 3.61. The Morgan fingerprint density at radius 3 is 2.50 bits per heavy atom. The van der Waals surface area contributed by atoms with Crippen molar-refractivity contribution in [1.82, 2.24) is 4.90 Å². The second-order valence-electron chi connectivity index (χ2n) is 7.59. The maximum Gasteiger partial charge on any atom is 0.261 e. The Hall–Kier alpha value is -2.82. The van der Waals surface area contributed by atoms with Gasteiger partial charge in [0, 0.05) is 19.0 Å². The van der Waals surface area contributed by atoms with Crippen molar-refractivity contribution in [3.05, 3.63) is 54.1 Å². The first kappa shape index (κ1) is 15.4. The summed E-state index contributed by atoms with van der Waals surface area (Å²) >= 11 is 0. The van der Waals surface area contributed by atoms with Gasteiger partial charge in [0.05, 0.1) is 0 Å². The molecule has 5 nitrogen and oxygen atoms in total. The highest BCUT2D eigenvalue weighted by Crippen LogP contribution is 2.55. The van der Waals surface area contributed by atoms with Gasteiger partial charge in [0.15, 0.2) is 11.5 Å². The minimum atomic E-state index is -0.961. The van der Waals surface area contributed by atoms with Crippen molar-refractivity contribution in [1.29, 1.82) is 0 Å². The Morgan fingerprint density at radius 1 is 1.12 bits per heavy atom. The van der Waals surface area contributed by atoms with Crippen LogP contribution in [0.2, 0.25) is 0 Å². The number of guanidine groups is 1. The van der Waals surface area contributed by atoms with Crippen molar-refractivity contribution in [3.8, 4) is 16.9 Å². The number of ether oxygens (including phenoxy) is 1. The van der Waals surface area contributed by atoms with Crippen LogP contribution in [0.4, 0.5) is 0 Å². The Balaban J connectivity index is 1.71. The first-order chi connectivity index (χ1) is 12.5. The Labute approximate surface area is 152 Å². The molecule has 1 atom stereocenters. The van der Waals surface area contributed by atoms with Gasteiger partial charge in [-0.2, -0.15) is 0 Å². The van der Waals surface area contributed by atoms with Crippen LogP contribution in [0.1, 0.15) is 31.2 Å². The number of amides is 1. The van der Waals surface area contributed by atoms with Gasteiger partial charge in [0.2, 0.25) is 0 Å². The molecule has 5 rings (SSSR count). The number of hydrogen-bond acceptors (Lipinski definition) is 4. The second-order valence-corrected chi connectivity index (χ2v) is 7.59. The van der Waals surface area contributed by atoms with Crippen LogP contribution >= 0.6 is 0 Å². The number of rotatable bonds is 1. The predicted octanol–water partition coefficient (Wildman–Crippen LogP) is 3.04. The van der Waals surface area contributed by atoms with Gasteiger partial charge in [-0.1, -0.05) is 36.4 Å². The van der Waals surface area contributed by atoms with Crippen molar-refractivity contribution in [3.63, 3.8) is 0 Å². The third kappa shape index (κ3) is 1.97. The molecule has 2 aromatic rings. The number of likely N-dealkylation sites (N-methyl/N-ethyl adjacent to an activating group) is 1. The number of hydrogen-bond donors (Lipinski definition) is 1. The molecule has 1 saturated carbocycles. The van der Waals surface area contributed by atoms with E-state index in [4.69, 9.17) is 10.5 Å². The molecule has 2 spiro atoms. The molecule has 2 heterocycles. The van der Waals surface area contributed by atoms with Gasteiger partial charge in [0.1, 0.15) is 11.4 Å². The molecule has 1 fully saturated rings. The average Bonchev–Trinajstić information content (AvgIpc) is 2.85. The van der Waals surface area contributed by atoms with Crippen molar-refractivity contribution in [2.45, 2.75) is 36.8 Å². The summed E-state index contributed by atoms with van der Waals surface area (Å²) in [7, 11) is 1.69. The zero-order valence-electron chi connectivity index (χ0n) is 14.7. The summed E-state index contributed by atoms with van der Waals surface area (Å²) in [6, 6.07) is 16.2. The van der Waals surface area contributed by atoms with Crippen LogP contribution in [0.3, 0.4) is 0 Å². The molecule has 1 unspecified atom stereocenters. The number of fused-ring (bicyclic) bond motifs is 2. The summed E-state index contributed by atoms with van der Waals surface area (Å²) in [5.41, 5.74) is 7.77. The number of carbonyl (C=O) groups excluding carboxylic acids is 1. The molecule has 1 amide bonds. The third-order valence-electron chi connectivity index (χ3n) is 6.01. The monoisotopic (exact) mass is 347 g/mol. The Kier molecular flexibility index (Phi) is 3.03. The second kappa shape index (κ2) is 5.10. The molecular formula is C21H21N3O2. The fraction of sp³-hybridized carbons (Fsp3) is 0.333. The van der Waals surface area contributed by atoms with E-state index >= 15 is 0 Å². The SMILES string of the molecule is CN1C(=O)C2(CC3(CCC3)Oc3ccc(-c4ccccc4)cc32)N=C1N. The maximum atomic E-state index is 13.2. The van der Waals surface area contributed by atoms with Gasteiger partial charge < -0.3 is 10.5 Å². The van der Waals surface area contributed by atoms with Gasteiger partial charge in [-0.25, -0.2) is 4.99 Å². The molecule has 5 heteroatoms. The standard InChI is InChI=1S/C21H21N3O2/c1-24-18(25)21(23-19(24)22)13-20(10-5-11-20)26-17-9-8-15(12-16(17)21)14-6-3-2-4-7-14/h2-4,6-9,12H,5,10-11,13H2,1H3,(H2,22,23). The smallest absolute Gasteiger partial charge is 0.261 e. The fourth-order valence-electron chi connectivity index (χ4n) is 4.42. The lowest BCUT2D eigenvalue weighted by molar-refractivity contribution is -0.136. The lowest BCUT2D eigenvalue weighted by Gasteiger charge is -2.50. The van der Waals surface area contributed by atoms with Crippen molar-refractivity contribution >= 4 is 11.9 Å². The van der Waals surface area contributed by atoms with Crippen LogP contribution in [-0.2, 0) is 10.3 Å². The van der Waals surface area contributed by atoms with Crippen LogP contribution in [-0.4, -0.2) is 29.4 Å². The quantitative estimate of drug-likeness (QED) is 0.862. The molecular weight excluding hydrogens is 326 g/mol. The van der Waals surface area contributed by atoms with Crippen LogP contribution in [0.15, 0.2) is 53.5 Å². The summed E-state index contributed by atoms with van der Waals surface area (Å²) < 4.78 is 6.37. The van der Waals surface area contributed by atoms with E-state index in [1.807, 2.05) is 30.3 Å². The molecule has 0 saturated heterocycles. The summed E-state index contributed by atoms with van der Waals surface area (Å²) in [5, 5.41) is 0. The normalized spacial score (nSPS) is 25.7.